The lowest BCUT2D eigenvalue weighted by molar-refractivity contribution is -0.383. The summed E-state index contributed by atoms with van der Waals surface area (Å²) in [6.07, 6.45) is 3.46. The molecule has 0 bridgehead atoms. The van der Waals surface area contributed by atoms with Gasteiger partial charge >= 0.3 is 5.97 Å². The molecule has 1 aliphatic carbocycles. The van der Waals surface area contributed by atoms with E-state index >= 15 is 0 Å². The maximum absolute atomic E-state index is 12.3. The maximum atomic E-state index is 12.3. The van der Waals surface area contributed by atoms with E-state index in [1.807, 2.05) is 12.1 Å². The maximum Gasteiger partial charge on any atom is 0.311 e. The third kappa shape index (κ3) is 4.73. The highest BCUT2D eigenvalue weighted by molar-refractivity contribution is 5.96. The van der Waals surface area contributed by atoms with Gasteiger partial charge in [0.15, 0.2) is 6.10 Å². The van der Waals surface area contributed by atoms with Crippen molar-refractivity contribution >= 4 is 23.3 Å². The van der Waals surface area contributed by atoms with Gasteiger partial charge in [-0.15, -0.1) is 0 Å². The number of ether oxygens (including phenoxy) is 1. The van der Waals surface area contributed by atoms with Crippen LogP contribution in [0, 0.1) is 10.1 Å². The highest BCUT2D eigenvalue weighted by Crippen LogP contribution is 2.24. The van der Waals surface area contributed by atoms with Crippen LogP contribution in [-0.2, 0) is 33.6 Å². The number of anilines is 1. The molecule has 0 unspecified atom stereocenters. The smallest absolute Gasteiger partial charge is 0.311 e. The van der Waals surface area contributed by atoms with Crippen molar-refractivity contribution < 1.29 is 19.2 Å². The minimum absolute atomic E-state index is 0.0649. The number of fused-ring (bicyclic) bond motifs is 1. The van der Waals surface area contributed by atoms with Crippen molar-refractivity contribution in [1.29, 1.82) is 0 Å². The van der Waals surface area contributed by atoms with Crippen LogP contribution in [0.4, 0.5) is 11.4 Å². The molecule has 0 saturated carbocycles. The number of hydrogen-bond acceptors (Lipinski definition) is 5. The number of nitrogens with zero attached hydrogens (tertiary/aromatic N) is 1. The lowest BCUT2D eigenvalue weighted by Gasteiger charge is -2.17. The molecular weight excluding hydrogens is 360 g/mol. The summed E-state index contributed by atoms with van der Waals surface area (Å²) in [5, 5.41) is 13.5. The van der Waals surface area contributed by atoms with E-state index in [9.17, 15) is 19.7 Å². The molecule has 0 saturated heterocycles. The van der Waals surface area contributed by atoms with Crippen LogP contribution < -0.4 is 5.32 Å². The van der Waals surface area contributed by atoms with E-state index in [0.717, 1.165) is 24.8 Å². The number of aryl methyl sites for hydroxylation is 2. The van der Waals surface area contributed by atoms with E-state index in [4.69, 9.17) is 4.74 Å². The van der Waals surface area contributed by atoms with Crippen molar-refractivity contribution in [2.45, 2.75) is 45.1 Å². The summed E-state index contributed by atoms with van der Waals surface area (Å²) in [5.41, 5.74) is 3.31. The average Bonchev–Trinajstić information content (AvgIpc) is 2.68. The van der Waals surface area contributed by atoms with E-state index in [0.29, 0.717) is 0 Å². The Balaban J connectivity index is 1.58. The molecule has 1 atom stereocenters. The summed E-state index contributed by atoms with van der Waals surface area (Å²) < 4.78 is 5.21. The number of nitrogens with one attached hydrogen (secondary N) is 1. The normalized spacial score (nSPS) is 13.9. The van der Waals surface area contributed by atoms with Crippen molar-refractivity contribution in [2.75, 3.05) is 5.32 Å². The number of hydrogen-bond donors (Lipinski definition) is 1. The summed E-state index contributed by atoms with van der Waals surface area (Å²) in [7, 11) is 0. The Labute approximate surface area is 162 Å². The molecule has 28 heavy (non-hydrogen) atoms. The molecular formula is C21H22N2O5. The monoisotopic (exact) mass is 382 g/mol. The fourth-order valence-corrected chi connectivity index (χ4v) is 3.33. The molecule has 0 aromatic heterocycles. The van der Waals surface area contributed by atoms with Crippen molar-refractivity contribution in [3.8, 4) is 0 Å². The van der Waals surface area contributed by atoms with Crippen molar-refractivity contribution in [2.24, 2.45) is 0 Å². The molecule has 0 spiro atoms. The summed E-state index contributed by atoms with van der Waals surface area (Å²) >= 11 is 0. The van der Waals surface area contributed by atoms with Crippen molar-refractivity contribution in [1.82, 2.24) is 0 Å². The SMILES string of the molecule is C[C@@H](OC(=O)Cc1ccc2c(c1)CCCC2)C(=O)Nc1ccccc1[N+](=O)[O-]. The Morgan fingerprint density at radius 1 is 1.14 bits per heavy atom. The Kier molecular flexibility index (Phi) is 6.03. The van der Waals surface area contributed by atoms with Crippen LogP contribution in [0.25, 0.3) is 0 Å². The van der Waals surface area contributed by atoms with Crippen LogP contribution in [0.5, 0.6) is 0 Å². The molecule has 2 aromatic rings. The van der Waals surface area contributed by atoms with Gasteiger partial charge in [-0.25, -0.2) is 0 Å². The van der Waals surface area contributed by atoms with Gasteiger partial charge in [0.05, 0.1) is 11.3 Å². The third-order valence-electron chi connectivity index (χ3n) is 4.80. The minimum atomic E-state index is -1.06. The lowest BCUT2D eigenvalue weighted by atomic mass is 9.90. The van der Waals surface area contributed by atoms with Gasteiger partial charge < -0.3 is 10.1 Å². The van der Waals surface area contributed by atoms with Gasteiger partial charge in [-0.3, -0.25) is 19.7 Å². The van der Waals surface area contributed by atoms with E-state index in [2.05, 4.69) is 11.4 Å². The van der Waals surface area contributed by atoms with Crippen molar-refractivity contribution in [3.63, 3.8) is 0 Å². The minimum Gasteiger partial charge on any atom is -0.452 e. The summed E-state index contributed by atoms with van der Waals surface area (Å²) in [6.45, 7) is 1.44. The molecule has 7 heteroatoms. The van der Waals surface area contributed by atoms with Gasteiger partial charge in [0, 0.05) is 6.07 Å². The molecule has 1 aliphatic rings. The fraction of sp³-hybridized carbons (Fsp3) is 0.333. The molecule has 146 valence electrons. The number of carbonyl (C=O) groups is 2. The molecule has 2 aromatic carbocycles. The number of carbonyl (C=O) groups excluding carboxylic acids is 2. The van der Waals surface area contributed by atoms with Crippen LogP contribution in [0.15, 0.2) is 42.5 Å². The Hall–Kier alpha value is -3.22. The second-order valence-corrected chi connectivity index (χ2v) is 6.88. The first-order valence-corrected chi connectivity index (χ1v) is 9.28. The number of esters is 1. The highest BCUT2D eigenvalue weighted by Gasteiger charge is 2.22. The Morgan fingerprint density at radius 2 is 1.86 bits per heavy atom. The van der Waals surface area contributed by atoms with Crippen LogP contribution >= 0.6 is 0 Å². The van der Waals surface area contributed by atoms with Gasteiger partial charge in [0.1, 0.15) is 5.69 Å². The van der Waals surface area contributed by atoms with Gasteiger partial charge in [0.2, 0.25) is 0 Å². The summed E-state index contributed by atoms with van der Waals surface area (Å²) in [4.78, 5) is 34.9. The number of nitro benzene ring substituents is 1. The highest BCUT2D eigenvalue weighted by atomic mass is 16.6. The van der Waals surface area contributed by atoms with E-state index < -0.39 is 22.9 Å². The summed E-state index contributed by atoms with van der Waals surface area (Å²) in [5.74, 6) is -1.13. The zero-order valence-electron chi connectivity index (χ0n) is 15.6. The molecule has 1 amide bonds. The number of benzene rings is 2. The van der Waals surface area contributed by atoms with Gasteiger partial charge in [0.25, 0.3) is 11.6 Å². The fourth-order valence-electron chi connectivity index (χ4n) is 3.33. The first kappa shape index (κ1) is 19.5. The van der Waals surface area contributed by atoms with Crippen LogP contribution in [0.3, 0.4) is 0 Å². The van der Waals surface area contributed by atoms with Crippen LogP contribution in [0.2, 0.25) is 0 Å². The number of amides is 1. The number of para-hydroxylation sites is 2. The number of rotatable bonds is 6. The molecule has 0 radical (unpaired) electrons. The predicted molar refractivity (Wildman–Crippen MR) is 104 cm³/mol. The molecule has 7 nitrogen and oxygen atoms in total. The molecule has 0 fully saturated rings. The van der Waals surface area contributed by atoms with Crippen LogP contribution in [0.1, 0.15) is 36.5 Å². The quantitative estimate of drug-likeness (QED) is 0.468. The zero-order valence-corrected chi connectivity index (χ0v) is 15.6. The first-order chi connectivity index (χ1) is 13.4. The first-order valence-electron chi connectivity index (χ1n) is 9.28. The van der Waals surface area contributed by atoms with Gasteiger partial charge in [-0.2, -0.15) is 0 Å². The number of nitro groups is 1. The lowest BCUT2D eigenvalue weighted by Crippen LogP contribution is -2.30. The second-order valence-electron chi connectivity index (χ2n) is 6.88. The third-order valence-corrected chi connectivity index (χ3v) is 4.80. The molecule has 0 aliphatic heterocycles. The molecule has 1 N–H and O–H groups in total. The topological polar surface area (TPSA) is 98.5 Å². The van der Waals surface area contributed by atoms with E-state index in [-0.39, 0.29) is 17.8 Å². The van der Waals surface area contributed by atoms with Crippen LogP contribution in [-0.4, -0.2) is 22.9 Å². The Morgan fingerprint density at radius 3 is 2.61 bits per heavy atom. The predicted octanol–water partition coefficient (Wildman–Crippen LogP) is 3.59. The van der Waals surface area contributed by atoms with Gasteiger partial charge in [-0.05, 0) is 55.4 Å². The standard InChI is InChI=1S/C21H22N2O5/c1-14(21(25)22-18-8-4-5-9-19(18)23(26)27)28-20(24)13-15-10-11-16-6-2-3-7-17(16)12-15/h4-5,8-12,14H,2-3,6-7,13H2,1H3,(H,22,25)/t14-/m1/s1. The zero-order chi connectivity index (χ0) is 20.1. The molecule has 0 heterocycles. The molecule has 3 rings (SSSR count). The van der Waals surface area contributed by atoms with Crippen molar-refractivity contribution in [3.05, 3.63) is 69.3 Å². The van der Waals surface area contributed by atoms with E-state index in [1.54, 1.807) is 6.07 Å². The van der Waals surface area contributed by atoms with E-state index in [1.165, 1.54) is 42.7 Å². The largest absolute Gasteiger partial charge is 0.452 e. The average molecular weight is 382 g/mol. The Bertz CT molecular complexity index is 909. The second kappa shape index (κ2) is 8.65. The summed E-state index contributed by atoms with van der Waals surface area (Å²) in [6, 6.07) is 11.8. The van der Waals surface area contributed by atoms with Gasteiger partial charge in [-0.1, -0.05) is 30.3 Å².